The third-order valence-electron chi connectivity index (χ3n) is 5.05. The summed E-state index contributed by atoms with van der Waals surface area (Å²) in [6.07, 6.45) is 3.48. The molecule has 0 saturated carbocycles. The normalized spacial score (nSPS) is 19.2. The summed E-state index contributed by atoms with van der Waals surface area (Å²) < 4.78 is 0. The van der Waals surface area contributed by atoms with E-state index < -0.39 is 0 Å². The van der Waals surface area contributed by atoms with E-state index in [-0.39, 0.29) is 16.6 Å². The van der Waals surface area contributed by atoms with Crippen LogP contribution >= 0.6 is 11.6 Å². The number of nitrogens with zero attached hydrogens (tertiary/aromatic N) is 3. The smallest absolute Gasteiger partial charge is 0.317 e. The second-order valence-corrected chi connectivity index (χ2v) is 7.07. The summed E-state index contributed by atoms with van der Waals surface area (Å²) >= 11 is 5.97. The summed E-state index contributed by atoms with van der Waals surface area (Å²) in [5.41, 5.74) is 0.837. The van der Waals surface area contributed by atoms with Gasteiger partial charge in [-0.3, -0.25) is 10.1 Å². The Morgan fingerprint density at radius 1 is 1.28 bits per heavy atom. The fraction of sp³-hybridized carbons (Fsp3) is 0.588. The van der Waals surface area contributed by atoms with E-state index in [1.54, 1.807) is 12.1 Å². The van der Waals surface area contributed by atoms with Crippen molar-refractivity contribution in [3.05, 3.63) is 38.9 Å². The summed E-state index contributed by atoms with van der Waals surface area (Å²) in [7, 11) is 0. The second kappa shape index (κ2) is 8.01. The number of carbonyl (C=O) groups excluding carboxylic acids is 1. The van der Waals surface area contributed by atoms with Gasteiger partial charge in [-0.05, 0) is 44.4 Å². The van der Waals surface area contributed by atoms with Crippen LogP contribution in [-0.4, -0.2) is 59.5 Å². The maximum Gasteiger partial charge on any atom is 0.317 e. The van der Waals surface area contributed by atoms with Crippen molar-refractivity contribution in [1.82, 2.24) is 15.1 Å². The lowest BCUT2D eigenvalue weighted by Gasteiger charge is -2.36. The number of nitro groups is 1. The quantitative estimate of drug-likeness (QED) is 0.620. The number of amides is 2. The van der Waals surface area contributed by atoms with Gasteiger partial charge < -0.3 is 15.1 Å². The SMILES string of the molecule is O=C1NCCN1C1CCN(CCCc2cc(Cl)ccc2[N+](=O)[O-])CC1. The number of hydrogen-bond donors (Lipinski definition) is 1. The summed E-state index contributed by atoms with van der Waals surface area (Å²) in [5.74, 6) is 0. The number of carbonyl (C=O) groups is 1. The first-order valence-corrected chi connectivity index (χ1v) is 9.12. The Morgan fingerprint density at radius 3 is 2.68 bits per heavy atom. The number of rotatable bonds is 6. The fourth-order valence-electron chi connectivity index (χ4n) is 3.71. The molecule has 2 aliphatic heterocycles. The van der Waals surface area contributed by atoms with E-state index in [0.717, 1.165) is 52.0 Å². The minimum Gasteiger partial charge on any atom is -0.336 e. The van der Waals surface area contributed by atoms with Crippen LogP contribution in [0.5, 0.6) is 0 Å². The number of nitrogens with one attached hydrogen (secondary N) is 1. The Hall–Kier alpha value is -1.86. The molecule has 2 amide bonds. The topological polar surface area (TPSA) is 78.7 Å². The van der Waals surface area contributed by atoms with E-state index in [1.165, 1.54) is 6.07 Å². The van der Waals surface area contributed by atoms with E-state index in [0.29, 0.717) is 23.0 Å². The average molecular weight is 367 g/mol. The van der Waals surface area contributed by atoms with E-state index in [2.05, 4.69) is 10.2 Å². The van der Waals surface area contributed by atoms with E-state index >= 15 is 0 Å². The zero-order valence-electron chi connectivity index (χ0n) is 14.1. The molecule has 2 heterocycles. The number of halogens is 1. The van der Waals surface area contributed by atoms with Crippen LogP contribution in [0.25, 0.3) is 0 Å². The second-order valence-electron chi connectivity index (χ2n) is 6.63. The van der Waals surface area contributed by atoms with Crippen molar-refractivity contribution >= 4 is 23.3 Å². The molecule has 0 radical (unpaired) electrons. The first kappa shape index (κ1) is 17.9. The molecule has 3 rings (SSSR count). The Kier molecular flexibility index (Phi) is 5.75. The van der Waals surface area contributed by atoms with Crippen LogP contribution in [0.15, 0.2) is 18.2 Å². The molecule has 7 nitrogen and oxygen atoms in total. The zero-order valence-corrected chi connectivity index (χ0v) is 14.9. The molecule has 25 heavy (non-hydrogen) atoms. The van der Waals surface area contributed by atoms with Crippen molar-refractivity contribution in [3.8, 4) is 0 Å². The van der Waals surface area contributed by atoms with E-state index in [9.17, 15) is 14.9 Å². The number of piperidine rings is 1. The zero-order chi connectivity index (χ0) is 17.8. The van der Waals surface area contributed by atoms with Gasteiger partial charge in [-0.15, -0.1) is 0 Å². The van der Waals surface area contributed by atoms with Gasteiger partial charge in [-0.25, -0.2) is 4.79 Å². The molecule has 0 spiro atoms. The Morgan fingerprint density at radius 2 is 2.04 bits per heavy atom. The fourth-order valence-corrected chi connectivity index (χ4v) is 3.91. The van der Waals surface area contributed by atoms with Crippen LogP contribution in [0.2, 0.25) is 5.02 Å². The summed E-state index contributed by atoms with van der Waals surface area (Å²) in [6.45, 7) is 4.39. The van der Waals surface area contributed by atoms with Crippen molar-refractivity contribution in [3.63, 3.8) is 0 Å². The maximum absolute atomic E-state index is 11.7. The van der Waals surface area contributed by atoms with Gasteiger partial charge in [0.2, 0.25) is 0 Å². The molecular weight excluding hydrogens is 344 g/mol. The highest BCUT2D eigenvalue weighted by atomic mass is 35.5. The van der Waals surface area contributed by atoms with Crippen molar-refractivity contribution in [2.24, 2.45) is 0 Å². The number of aryl methyl sites for hydroxylation is 1. The van der Waals surface area contributed by atoms with Crippen LogP contribution in [0.3, 0.4) is 0 Å². The predicted molar refractivity (Wildman–Crippen MR) is 96.0 cm³/mol. The average Bonchev–Trinajstić information content (AvgIpc) is 3.01. The number of benzene rings is 1. The molecule has 2 saturated heterocycles. The summed E-state index contributed by atoms with van der Waals surface area (Å²) in [5, 5.41) is 14.5. The molecule has 0 aliphatic carbocycles. The van der Waals surface area contributed by atoms with E-state index in [4.69, 9.17) is 11.6 Å². The minimum absolute atomic E-state index is 0.0618. The Bertz CT molecular complexity index is 647. The van der Waals surface area contributed by atoms with Gasteiger partial charge in [0.1, 0.15) is 0 Å². The molecule has 1 aromatic carbocycles. The minimum atomic E-state index is -0.349. The molecule has 0 unspecified atom stereocenters. The molecule has 1 N–H and O–H groups in total. The molecule has 2 fully saturated rings. The van der Waals surface area contributed by atoms with Crippen LogP contribution < -0.4 is 5.32 Å². The highest BCUT2D eigenvalue weighted by Gasteiger charge is 2.30. The third kappa shape index (κ3) is 4.41. The van der Waals surface area contributed by atoms with Gasteiger partial charge in [-0.2, -0.15) is 0 Å². The van der Waals surface area contributed by atoms with Crippen molar-refractivity contribution in [2.45, 2.75) is 31.7 Å². The lowest BCUT2D eigenvalue weighted by Crippen LogP contribution is -2.46. The standard InChI is InChI=1S/C17H23ClN4O3/c18-14-3-4-16(22(24)25)13(12-14)2-1-8-20-9-5-15(6-10-20)21-11-7-19-17(21)23/h3-4,12,15H,1-2,5-11H2,(H,19,23). The number of nitro benzene ring substituents is 1. The largest absolute Gasteiger partial charge is 0.336 e. The highest BCUT2D eigenvalue weighted by molar-refractivity contribution is 6.30. The highest BCUT2D eigenvalue weighted by Crippen LogP contribution is 2.24. The van der Waals surface area contributed by atoms with Gasteiger partial charge >= 0.3 is 6.03 Å². The van der Waals surface area contributed by atoms with Gasteiger partial charge in [-0.1, -0.05) is 11.6 Å². The number of likely N-dealkylation sites (tertiary alicyclic amines) is 1. The summed E-state index contributed by atoms with van der Waals surface area (Å²) in [4.78, 5) is 26.8. The molecule has 0 atom stereocenters. The molecular formula is C17H23ClN4O3. The van der Waals surface area contributed by atoms with Gasteiger partial charge in [0.05, 0.1) is 4.92 Å². The van der Waals surface area contributed by atoms with E-state index in [1.807, 2.05) is 4.90 Å². The van der Waals surface area contributed by atoms with Crippen molar-refractivity contribution < 1.29 is 9.72 Å². The molecule has 8 heteroatoms. The van der Waals surface area contributed by atoms with Gasteiger partial charge in [0, 0.05) is 48.9 Å². The lowest BCUT2D eigenvalue weighted by molar-refractivity contribution is -0.385. The molecule has 0 bridgehead atoms. The molecule has 2 aliphatic rings. The number of urea groups is 1. The van der Waals surface area contributed by atoms with Gasteiger partial charge in [0.15, 0.2) is 0 Å². The van der Waals surface area contributed by atoms with Crippen LogP contribution in [-0.2, 0) is 6.42 Å². The number of hydrogen-bond acceptors (Lipinski definition) is 4. The Balaban J connectivity index is 1.45. The van der Waals surface area contributed by atoms with Gasteiger partial charge in [0.25, 0.3) is 5.69 Å². The summed E-state index contributed by atoms with van der Waals surface area (Å²) in [6, 6.07) is 5.13. The van der Waals surface area contributed by atoms with Crippen molar-refractivity contribution in [1.29, 1.82) is 0 Å². The maximum atomic E-state index is 11.7. The van der Waals surface area contributed by atoms with Crippen LogP contribution in [0.4, 0.5) is 10.5 Å². The van der Waals surface area contributed by atoms with Crippen LogP contribution in [0.1, 0.15) is 24.8 Å². The first-order valence-electron chi connectivity index (χ1n) is 8.74. The Labute approximate surface area is 152 Å². The van der Waals surface area contributed by atoms with Crippen LogP contribution in [0, 0.1) is 10.1 Å². The molecule has 1 aromatic rings. The predicted octanol–water partition coefficient (Wildman–Crippen LogP) is 2.67. The first-order chi connectivity index (χ1) is 12.0. The van der Waals surface area contributed by atoms with Crippen molar-refractivity contribution in [2.75, 3.05) is 32.7 Å². The molecule has 0 aromatic heterocycles. The lowest BCUT2D eigenvalue weighted by atomic mass is 10.0. The molecule has 136 valence electrons. The third-order valence-corrected chi connectivity index (χ3v) is 5.28. The monoisotopic (exact) mass is 366 g/mol.